The molecule has 0 aliphatic rings. The molecule has 0 saturated carbocycles. The van der Waals surface area contributed by atoms with E-state index in [1.165, 1.54) is 12.1 Å². The molecule has 0 unspecified atom stereocenters. The summed E-state index contributed by atoms with van der Waals surface area (Å²) >= 11 is 7.27. The molecule has 3 rings (SSSR count). The second-order valence-corrected chi connectivity index (χ2v) is 5.30. The first kappa shape index (κ1) is 13.7. The van der Waals surface area contributed by atoms with Crippen molar-refractivity contribution in [1.29, 1.82) is 5.26 Å². The van der Waals surface area contributed by atoms with Crippen LogP contribution in [0.3, 0.4) is 0 Å². The maximum Gasteiger partial charge on any atom is 0.129 e. The highest BCUT2D eigenvalue weighted by Gasteiger charge is 2.10. The molecule has 0 fully saturated rings. The molecule has 0 spiro atoms. The van der Waals surface area contributed by atoms with Gasteiger partial charge in [-0.25, -0.2) is 4.39 Å². The Balaban J connectivity index is 1.90. The monoisotopic (exact) mass is 318 g/mol. The first-order valence-electron chi connectivity index (χ1n) is 6.01. The molecule has 0 aliphatic carbocycles. The fraction of sp³-hybridized carbons (Fsp3) is 0.0714. The summed E-state index contributed by atoms with van der Waals surface area (Å²) in [5.41, 5.74) is 3.04. The lowest BCUT2D eigenvalue weighted by molar-refractivity contribution is 0.625. The van der Waals surface area contributed by atoms with Crippen LogP contribution in [0.2, 0.25) is 5.02 Å². The molecule has 0 aliphatic heterocycles. The fourth-order valence-electron chi connectivity index (χ4n) is 2.00. The molecule has 0 bridgehead atoms. The molecule has 0 amide bonds. The first-order chi connectivity index (χ1) is 10.2. The van der Waals surface area contributed by atoms with Crippen LogP contribution >= 0.6 is 23.3 Å². The van der Waals surface area contributed by atoms with Gasteiger partial charge in [0.25, 0.3) is 0 Å². The lowest BCUT2D eigenvalue weighted by atomic mass is 10.1. The van der Waals surface area contributed by atoms with E-state index in [-0.39, 0.29) is 5.56 Å². The number of benzene rings is 2. The van der Waals surface area contributed by atoms with Gasteiger partial charge in [0.15, 0.2) is 0 Å². The molecule has 21 heavy (non-hydrogen) atoms. The van der Waals surface area contributed by atoms with Gasteiger partial charge < -0.3 is 5.32 Å². The largest absolute Gasteiger partial charge is 0.378 e. The second kappa shape index (κ2) is 5.64. The molecule has 1 N–H and O–H groups in total. The average molecular weight is 319 g/mol. The van der Waals surface area contributed by atoms with Gasteiger partial charge >= 0.3 is 0 Å². The number of aromatic nitrogens is 2. The zero-order chi connectivity index (χ0) is 14.8. The Kier molecular flexibility index (Phi) is 3.69. The van der Waals surface area contributed by atoms with E-state index in [1.807, 2.05) is 6.07 Å². The number of nitrogens with zero attached hydrogens (tertiary/aromatic N) is 3. The molecule has 3 aromatic rings. The summed E-state index contributed by atoms with van der Waals surface area (Å²) < 4.78 is 21.7. The molecular formula is C14H8ClFN4S. The molecule has 2 aromatic carbocycles. The summed E-state index contributed by atoms with van der Waals surface area (Å²) in [6, 6.07) is 9.66. The second-order valence-electron chi connectivity index (χ2n) is 4.37. The van der Waals surface area contributed by atoms with Crippen molar-refractivity contribution in [2.45, 2.75) is 6.54 Å². The molecule has 0 atom stereocenters. The summed E-state index contributed by atoms with van der Waals surface area (Å²) in [7, 11) is 0. The third kappa shape index (κ3) is 2.79. The Morgan fingerprint density at radius 3 is 2.95 bits per heavy atom. The lowest BCUT2D eigenvalue weighted by Crippen LogP contribution is -2.02. The summed E-state index contributed by atoms with van der Waals surface area (Å²) in [4.78, 5) is 0. The standard InChI is InChI=1S/C14H8ClFN4S/c15-11-1-2-12-14(20-21-19-12)13(11)18-7-9-3-8(6-17)4-10(16)5-9/h1-5,18H,7H2. The minimum atomic E-state index is -0.439. The van der Waals surface area contributed by atoms with Crippen LogP contribution in [-0.2, 0) is 6.54 Å². The van der Waals surface area contributed by atoms with Gasteiger partial charge in [-0.3, -0.25) is 0 Å². The van der Waals surface area contributed by atoms with Crippen LogP contribution < -0.4 is 5.32 Å². The van der Waals surface area contributed by atoms with Crippen molar-refractivity contribution in [2.75, 3.05) is 5.32 Å². The Morgan fingerprint density at radius 1 is 1.29 bits per heavy atom. The zero-order valence-electron chi connectivity index (χ0n) is 10.6. The van der Waals surface area contributed by atoms with Gasteiger partial charge in [-0.2, -0.15) is 14.0 Å². The average Bonchev–Trinajstić information content (AvgIpc) is 2.94. The smallest absolute Gasteiger partial charge is 0.129 e. The van der Waals surface area contributed by atoms with Gasteiger partial charge in [-0.1, -0.05) is 11.6 Å². The van der Waals surface area contributed by atoms with E-state index in [2.05, 4.69) is 14.1 Å². The van der Waals surface area contributed by atoms with Crippen molar-refractivity contribution >= 4 is 40.0 Å². The van der Waals surface area contributed by atoms with Crippen LogP contribution in [0, 0.1) is 17.1 Å². The summed E-state index contributed by atoms with van der Waals surface area (Å²) in [5.74, 6) is -0.439. The van der Waals surface area contributed by atoms with Crippen LogP contribution in [0.4, 0.5) is 10.1 Å². The summed E-state index contributed by atoms with van der Waals surface area (Å²) in [6.45, 7) is 0.336. The molecule has 1 aromatic heterocycles. The third-order valence-corrected chi connectivity index (χ3v) is 3.79. The topological polar surface area (TPSA) is 61.6 Å². The third-order valence-electron chi connectivity index (χ3n) is 2.93. The Hall–Kier alpha value is -2.23. The Morgan fingerprint density at radius 2 is 2.14 bits per heavy atom. The van der Waals surface area contributed by atoms with E-state index in [9.17, 15) is 4.39 Å². The minimum Gasteiger partial charge on any atom is -0.378 e. The Bertz CT molecular complexity index is 856. The number of rotatable bonds is 3. The summed E-state index contributed by atoms with van der Waals surface area (Å²) in [5, 5.41) is 12.5. The van der Waals surface area contributed by atoms with Gasteiger partial charge in [0.2, 0.25) is 0 Å². The molecule has 0 saturated heterocycles. The van der Waals surface area contributed by atoms with Crippen molar-refractivity contribution in [3.8, 4) is 6.07 Å². The number of nitriles is 1. The molecule has 7 heteroatoms. The van der Waals surface area contributed by atoms with Crippen LogP contribution in [0.5, 0.6) is 0 Å². The SMILES string of the molecule is N#Cc1cc(F)cc(CNc2c(Cl)ccc3nsnc23)c1. The minimum absolute atomic E-state index is 0.284. The molecular weight excluding hydrogens is 311 g/mol. The van der Waals surface area contributed by atoms with Crippen LogP contribution in [0.25, 0.3) is 11.0 Å². The highest BCUT2D eigenvalue weighted by Crippen LogP contribution is 2.30. The van der Waals surface area contributed by atoms with Gasteiger partial charge in [0.1, 0.15) is 16.9 Å². The number of halogens is 2. The number of hydrogen-bond acceptors (Lipinski definition) is 5. The quantitative estimate of drug-likeness (QED) is 0.793. The molecule has 0 radical (unpaired) electrons. The summed E-state index contributed by atoms with van der Waals surface area (Å²) in [6.07, 6.45) is 0. The van der Waals surface area contributed by atoms with Gasteiger partial charge in [0.05, 0.1) is 34.1 Å². The van der Waals surface area contributed by atoms with Gasteiger partial charge in [-0.15, -0.1) is 0 Å². The molecule has 104 valence electrons. The number of anilines is 1. The normalized spacial score (nSPS) is 10.5. The highest BCUT2D eigenvalue weighted by molar-refractivity contribution is 7.00. The van der Waals surface area contributed by atoms with Crippen molar-refractivity contribution in [1.82, 2.24) is 8.75 Å². The van der Waals surface area contributed by atoms with Gasteiger partial charge in [-0.05, 0) is 35.9 Å². The van der Waals surface area contributed by atoms with E-state index in [1.54, 1.807) is 18.2 Å². The van der Waals surface area contributed by atoms with E-state index < -0.39 is 5.82 Å². The predicted octanol–water partition coefficient (Wildman–Crippen LogP) is 3.97. The van der Waals surface area contributed by atoms with Crippen molar-refractivity contribution in [3.63, 3.8) is 0 Å². The first-order valence-corrected chi connectivity index (χ1v) is 7.12. The Labute approximate surface area is 129 Å². The van der Waals surface area contributed by atoms with E-state index >= 15 is 0 Å². The number of nitrogens with one attached hydrogen (secondary N) is 1. The van der Waals surface area contributed by atoms with Crippen LogP contribution in [-0.4, -0.2) is 8.75 Å². The van der Waals surface area contributed by atoms with Crippen LogP contribution in [0.1, 0.15) is 11.1 Å². The number of fused-ring (bicyclic) bond motifs is 1. The van der Waals surface area contributed by atoms with Crippen molar-refractivity contribution in [3.05, 3.63) is 52.3 Å². The molecule has 1 heterocycles. The highest BCUT2D eigenvalue weighted by atomic mass is 35.5. The predicted molar refractivity (Wildman–Crippen MR) is 80.9 cm³/mol. The fourth-order valence-corrected chi connectivity index (χ4v) is 2.76. The maximum atomic E-state index is 13.4. The van der Waals surface area contributed by atoms with E-state index in [0.29, 0.717) is 28.3 Å². The van der Waals surface area contributed by atoms with Crippen molar-refractivity contribution in [2.24, 2.45) is 0 Å². The van der Waals surface area contributed by atoms with Crippen molar-refractivity contribution < 1.29 is 4.39 Å². The van der Waals surface area contributed by atoms with E-state index in [0.717, 1.165) is 17.2 Å². The van der Waals surface area contributed by atoms with E-state index in [4.69, 9.17) is 16.9 Å². The maximum absolute atomic E-state index is 13.4. The van der Waals surface area contributed by atoms with Crippen LogP contribution in [0.15, 0.2) is 30.3 Å². The van der Waals surface area contributed by atoms with Gasteiger partial charge in [0, 0.05) is 6.54 Å². The number of hydrogen-bond donors (Lipinski definition) is 1. The zero-order valence-corrected chi connectivity index (χ0v) is 12.2. The lowest BCUT2D eigenvalue weighted by Gasteiger charge is -2.09. The molecule has 4 nitrogen and oxygen atoms in total.